The van der Waals surface area contributed by atoms with E-state index in [1.807, 2.05) is 31.2 Å². The summed E-state index contributed by atoms with van der Waals surface area (Å²) in [5.74, 6) is 0.574. The molecule has 0 fully saturated rings. The SMILES string of the molecule is COc1ccc(CC(N)c2cc(F)ccc2C)cc1. The smallest absolute Gasteiger partial charge is 0.123 e. The van der Waals surface area contributed by atoms with Crippen LogP contribution in [0, 0.1) is 12.7 Å². The van der Waals surface area contributed by atoms with Crippen molar-refractivity contribution in [3.05, 3.63) is 65.0 Å². The highest BCUT2D eigenvalue weighted by molar-refractivity contribution is 5.32. The van der Waals surface area contributed by atoms with Gasteiger partial charge < -0.3 is 10.5 Å². The maximum Gasteiger partial charge on any atom is 0.123 e. The average molecular weight is 259 g/mol. The van der Waals surface area contributed by atoms with Gasteiger partial charge in [0.15, 0.2) is 0 Å². The van der Waals surface area contributed by atoms with Gasteiger partial charge in [0.25, 0.3) is 0 Å². The Balaban J connectivity index is 2.15. The molecule has 0 heterocycles. The fourth-order valence-corrected chi connectivity index (χ4v) is 2.14. The second kappa shape index (κ2) is 5.85. The van der Waals surface area contributed by atoms with E-state index in [1.54, 1.807) is 13.2 Å². The Morgan fingerprint density at radius 3 is 2.47 bits per heavy atom. The Morgan fingerprint density at radius 2 is 1.84 bits per heavy atom. The second-order valence-electron chi connectivity index (χ2n) is 4.66. The van der Waals surface area contributed by atoms with Gasteiger partial charge in [-0.15, -0.1) is 0 Å². The molecule has 0 aliphatic carbocycles. The molecule has 2 N–H and O–H groups in total. The first-order valence-electron chi connectivity index (χ1n) is 6.24. The monoisotopic (exact) mass is 259 g/mol. The predicted octanol–water partition coefficient (Wildman–Crippen LogP) is 3.39. The molecule has 3 heteroatoms. The lowest BCUT2D eigenvalue weighted by molar-refractivity contribution is 0.414. The van der Waals surface area contributed by atoms with E-state index in [4.69, 9.17) is 10.5 Å². The molecule has 0 saturated carbocycles. The molecule has 0 aromatic heterocycles. The second-order valence-corrected chi connectivity index (χ2v) is 4.66. The molecule has 0 aliphatic rings. The highest BCUT2D eigenvalue weighted by Gasteiger charge is 2.11. The molecule has 19 heavy (non-hydrogen) atoms. The number of rotatable bonds is 4. The van der Waals surface area contributed by atoms with Crippen molar-refractivity contribution in [2.45, 2.75) is 19.4 Å². The molecule has 2 aromatic carbocycles. The van der Waals surface area contributed by atoms with Crippen LogP contribution >= 0.6 is 0 Å². The molecule has 0 aliphatic heterocycles. The maximum absolute atomic E-state index is 13.3. The van der Waals surface area contributed by atoms with Crippen molar-refractivity contribution in [2.24, 2.45) is 5.73 Å². The molecule has 0 bridgehead atoms. The van der Waals surface area contributed by atoms with Gasteiger partial charge in [-0.25, -0.2) is 4.39 Å². The summed E-state index contributed by atoms with van der Waals surface area (Å²) in [6.45, 7) is 1.95. The molecule has 100 valence electrons. The first kappa shape index (κ1) is 13.6. The Kier molecular flexibility index (Phi) is 4.17. The summed E-state index contributed by atoms with van der Waals surface area (Å²) >= 11 is 0. The summed E-state index contributed by atoms with van der Waals surface area (Å²) in [6.07, 6.45) is 0.675. The quantitative estimate of drug-likeness (QED) is 0.913. The third-order valence-electron chi connectivity index (χ3n) is 3.26. The number of aryl methyl sites for hydroxylation is 1. The van der Waals surface area contributed by atoms with Crippen molar-refractivity contribution < 1.29 is 9.13 Å². The van der Waals surface area contributed by atoms with Crippen molar-refractivity contribution >= 4 is 0 Å². The van der Waals surface area contributed by atoms with E-state index in [9.17, 15) is 4.39 Å². The number of nitrogens with two attached hydrogens (primary N) is 1. The van der Waals surface area contributed by atoms with Crippen molar-refractivity contribution in [3.8, 4) is 5.75 Å². The molecule has 0 radical (unpaired) electrons. The van der Waals surface area contributed by atoms with Crippen LogP contribution in [0.3, 0.4) is 0 Å². The summed E-state index contributed by atoms with van der Waals surface area (Å²) < 4.78 is 18.4. The Bertz CT molecular complexity index is 551. The summed E-state index contributed by atoms with van der Waals surface area (Å²) in [5, 5.41) is 0. The van der Waals surface area contributed by atoms with Gasteiger partial charge in [0.05, 0.1) is 7.11 Å². The predicted molar refractivity (Wildman–Crippen MR) is 74.8 cm³/mol. The minimum absolute atomic E-state index is 0.205. The van der Waals surface area contributed by atoms with E-state index in [0.717, 1.165) is 22.4 Å². The molecular weight excluding hydrogens is 241 g/mol. The number of ether oxygens (including phenoxy) is 1. The minimum Gasteiger partial charge on any atom is -0.497 e. The van der Waals surface area contributed by atoms with Crippen LogP contribution in [-0.4, -0.2) is 7.11 Å². The van der Waals surface area contributed by atoms with E-state index in [0.29, 0.717) is 6.42 Å². The topological polar surface area (TPSA) is 35.2 Å². The standard InChI is InChI=1S/C16H18FNO/c1-11-3-6-13(17)10-15(11)16(18)9-12-4-7-14(19-2)8-5-12/h3-8,10,16H,9,18H2,1-2H3. The van der Waals surface area contributed by atoms with Crippen LogP contribution in [0.1, 0.15) is 22.7 Å². The Morgan fingerprint density at radius 1 is 1.16 bits per heavy atom. The lowest BCUT2D eigenvalue weighted by Gasteiger charge is -2.15. The first-order valence-corrected chi connectivity index (χ1v) is 6.24. The van der Waals surface area contributed by atoms with Gasteiger partial charge in [-0.05, 0) is 54.3 Å². The van der Waals surface area contributed by atoms with Gasteiger partial charge in [0.1, 0.15) is 11.6 Å². The number of benzene rings is 2. The van der Waals surface area contributed by atoms with Crippen molar-refractivity contribution in [1.82, 2.24) is 0 Å². The minimum atomic E-state index is -0.245. The van der Waals surface area contributed by atoms with E-state index in [-0.39, 0.29) is 11.9 Å². The molecule has 2 aromatic rings. The summed E-state index contributed by atoms with van der Waals surface area (Å²) in [7, 11) is 1.64. The Labute approximate surface area is 113 Å². The molecule has 0 amide bonds. The highest BCUT2D eigenvalue weighted by Crippen LogP contribution is 2.22. The van der Waals surface area contributed by atoms with Crippen molar-refractivity contribution in [2.75, 3.05) is 7.11 Å². The zero-order valence-corrected chi connectivity index (χ0v) is 11.2. The third-order valence-corrected chi connectivity index (χ3v) is 3.26. The van der Waals surface area contributed by atoms with Gasteiger partial charge in [-0.2, -0.15) is 0 Å². The van der Waals surface area contributed by atoms with Crippen LogP contribution in [-0.2, 0) is 6.42 Å². The van der Waals surface area contributed by atoms with Gasteiger partial charge in [-0.3, -0.25) is 0 Å². The molecule has 0 spiro atoms. The van der Waals surface area contributed by atoms with Gasteiger partial charge in [0, 0.05) is 6.04 Å². The Hall–Kier alpha value is -1.87. The molecular formula is C16H18FNO. The van der Waals surface area contributed by atoms with Crippen LogP contribution in [0.4, 0.5) is 4.39 Å². The van der Waals surface area contributed by atoms with Gasteiger partial charge in [0.2, 0.25) is 0 Å². The van der Waals surface area contributed by atoms with Crippen LogP contribution in [0.2, 0.25) is 0 Å². The third kappa shape index (κ3) is 3.32. The van der Waals surface area contributed by atoms with E-state index < -0.39 is 0 Å². The molecule has 2 rings (SSSR count). The largest absolute Gasteiger partial charge is 0.497 e. The first-order chi connectivity index (χ1) is 9.10. The van der Waals surface area contributed by atoms with Crippen LogP contribution in [0.25, 0.3) is 0 Å². The van der Waals surface area contributed by atoms with Gasteiger partial charge in [-0.1, -0.05) is 18.2 Å². The number of hydrogen-bond acceptors (Lipinski definition) is 2. The van der Waals surface area contributed by atoms with Crippen molar-refractivity contribution in [1.29, 1.82) is 0 Å². The van der Waals surface area contributed by atoms with Crippen LogP contribution in [0.15, 0.2) is 42.5 Å². The maximum atomic E-state index is 13.3. The highest BCUT2D eigenvalue weighted by atomic mass is 19.1. The fourth-order valence-electron chi connectivity index (χ4n) is 2.14. The van der Waals surface area contributed by atoms with E-state index in [2.05, 4.69) is 0 Å². The lowest BCUT2D eigenvalue weighted by atomic mass is 9.96. The average Bonchev–Trinajstić information content (AvgIpc) is 2.42. The molecule has 1 atom stereocenters. The molecule has 2 nitrogen and oxygen atoms in total. The fraction of sp³-hybridized carbons (Fsp3) is 0.250. The van der Waals surface area contributed by atoms with E-state index in [1.165, 1.54) is 12.1 Å². The van der Waals surface area contributed by atoms with E-state index >= 15 is 0 Å². The lowest BCUT2D eigenvalue weighted by Crippen LogP contribution is -2.15. The van der Waals surface area contributed by atoms with Crippen LogP contribution < -0.4 is 10.5 Å². The number of methoxy groups -OCH3 is 1. The summed E-state index contributed by atoms with van der Waals surface area (Å²) in [4.78, 5) is 0. The number of hydrogen-bond donors (Lipinski definition) is 1. The number of halogens is 1. The van der Waals surface area contributed by atoms with Crippen molar-refractivity contribution in [3.63, 3.8) is 0 Å². The zero-order chi connectivity index (χ0) is 13.8. The normalized spacial score (nSPS) is 12.2. The summed E-state index contributed by atoms with van der Waals surface area (Å²) in [5.41, 5.74) is 9.15. The summed E-state index contributed by atoms with van der Waals surface area (Å²) in [6, 6.07) is 12.3. The molecule has 1 unspecified atom stereocenters. The molecule has 0 saturated heterocycles. The van der Waals surface area contributed by atoms with Gasteiger partial charge >= 0.3 is 0 Å². The zero-order valence-electron chi connectivity index (χ0n) is 11.2. The van der Waals surface area contributed by atoms with Crippen LogP contribution in [0.5, 0.6) is 5.75 Å².